The number of fused-ring (bicyclic) bond motifs is 1. The molecule has 2 rings (SSSR count). The fourth-order valence-corrected chi connectivity index (χ4v) is 2.89. The topological polar surface area (TPSA) is 39.1 Å². The molecule has 1 heterocycles. The second-order valence-electron chi connectivity index (χ2n) is 5.83. The normalized spacial score (nSPS) is 18.6. The summed E-state index contributed by atoms with van der Waals surface area (Å²) in [5.74, 6) is 0. The van der Waals surface area contributed by atoms with Gasteiger partial charge in [0.05, 0.1) is 6.07 Å². The molecular formula is C17H25N3. The van der Waals surface area contributed by atoms with Crippen molar-refractivity contribution in [3.05, 3.63) is 35.4 Å². The summed E-state index contributed by atoms with van der Waals surface area (Å²) >= 11 is 0. The minimum Gasteiger partial charge on any atom is -0.303 e. The summed E-state index contributed by atoms with van der Waals surface area (Å²) in [4.78, 5) is 2.49. The van der Waals surface area contributed by atoms with E-state index in [0.29, 0.717) is 0 Å². The van der Waals surface area contributed by atoms with Crippen molar-refractivity contribution in [3.63, 3.8) is 0 Å². The van der Waals surface area contributed by atoms with Gasteiger partial charge in [0.2, 0.25) is 0 Å². The fraction of sp³-hybridized carbons (Fsp3) is 0.588. The van der Waals surface area contributed by atoms with Crippen LogP contribution in [-0.2, 0) is 12.8 Å². The van der Waals surface area contributed by atoms with Crippen molar-refractivity contribution < 1.29 is 0 Å². The third-order valence-electron chi connectivity index (χ3n) is 4.25. The molecule has 0 amide bonds. The molecule has 1 aromatic rings. The first-order valence-corrected chi connectivity index (χ1v) is 7.62. The molecule has 1 aliphatic rings. The summed E-state index contributed by atoms with van der Waals surface area (Å²) in [5, 5.41) is 12.6. The first kappa shape index (κ1) is 15.0. The maximum atomic E-state index is 9.31. The van der Waals surface area contributed by atoms with Gasteiger partial charge in [-0.15, -0.1) is 0 Å². The van der Waals surface area contributed by atoms with E-state index < -0.39 is 5.54 Å². The summed E-state index contributed by atoms with van der Waals surface area (Å²) in [6.07, 6.45) is 3.13. The quantitative estimate of drug-likeness (QED) is 0.893. The zero-order valence-electron chi connectivity index (χ0n) is 12.7. The lowest BCUT2D eigenvalue weighted by molar-refractivity contribution is 0.255. The Morgan fingerprint density at radius 3 is 2.35 bits per heavy atom. The van der Waals surface area contributed by atoms with Gasteiger partial charge in [-0.2, -0.15) is 5.26 Å². The molecule has 1 aromatic carbocycles. The lowest BCUT2D eigenvalue weighted by Crippen LogP contribution is -2.44. The van der Waals surface area contributed by atoms with E-state index in [1.54, 1.807) is 0 Å². The van der Waals surface area contributed by atoms with Crippen LogP contribution in [0, 0.1) is 11.3 Å². The molecule has 1 aliphatic heterocycles. The molecular weight excluding hydrogens is 246 g/mol. The van der Waals surface area contributed by atoms with Crippen LogP contribution in [-0.4, -0.2) is 36.6 Å². The van der Waals surface area contributed by atoms with E-state index in [1.807, 2.05) is 6.92 Å². The molecule has 0 saturated heterocycles. The monoisotopic (exact) mass is 271 g/mol. The van der Waals surface area contributed by atoms with Crippen LogP contribution in [0.3, 0.4) is 0 Å². The van der Waals surface area contributed by atoms with Gasteiger partial charge in [0.15, 0.2) is 0 Å². The van der Waals surface area contributed by atoms with E-state index in [2.05, 4.69) is 47.5 Å². The summed E-state index contributed by atoms with van der Waals surface area (Å²) in [7, 11) is 0. The number of hydrogen-bond donors (Lipinski definition) is 1. The van der Waals surface area contributed by atoms with Gasteiger partial charge in [-0.1, -0.05) is 31.2 Å². The van der Waals surface area contributed by atoms with Crippen molar-refractivity contribution in [1.29, 1.82) is 5.26 Å². The average molecular weight is 271 g/mol. The Morgan fingerprint density at radius 1 is 1.25 bits per heavy atom. The Bertz CT molecular complexity index is 450. The van der Waals surface area contributed by atoms with Gasteiger partial charge < -0.3 is 4.90 Å². The Balaban J connectivity index is 1.89. The molecule has 1 atom stereocenters. The number of rotatable bonds is 5. The number of hydrogen-bond acceptors (Lipinski definition) is 3. The Labute approximate surface area is 122 Å². The van der Waals surface area contributed by atoms with Crippen molar-refractivity contribution in [2.24, 2.45) is 0 Å². The first-order valence-electron chi connectivity index (χ1n) is 7.62. The van der Waals surface area contributed by atoms with Crippen LogP contribution in [0.4, 0.5) is 0 Å². The summed E-state index contributed by atoms with van der Waals surface area (Å²) in [6.45, 7) is 8.09. The smallest absolute Gasteiger partial charge is 0.105 e. The molecule has 0 bridgehead atoms. The second-order valence-corrected chi connectivity index (χ2v) is 5.83. The molecule has 0 fully saturated rings. The molecule has 1 N–H and O–H groups in total. The number of nitrogens with zero attached hydrogens (tertiary/aromatic N) is 2. The van der Waals surface area contributed by atoms with Crippen LogP contribution in [0.5, 0.6) is 0 Å². The molecule has 3 nitrogen and oxygen atoms in total. The number of nitrogens with one attached hydrogen (secondary N) is 1. The minimum absolute atomic E-state index is 0.395. The summed E-state index contributed by atoms with van der Waals surface area (Å²) < 4.78 is 0. The standard InChI is InChI=1S/C17H25N3/c1-3-19-17(2,14-18)10-13-20-11-8-15-6-4-5-7-16(15)9-12-20/h4-7,19H,3,8-13H2,1-2H3. The Morgan fingerprint density at radius 2 is 1.85 bits per heavy atom. The van der Waals surface area contributed by atoms with E-state index >= 15 is 0 Å². The van der Waals surface area contributed by atoms with Gasteiger partial charge in [0.25, 0.3) is 0 Å². The van der Waals surface area contributed by atoms with Crippen LogP contribution < -0.4 is 5.32 Å². The highest BCUT2D eigenvalue weighted by atomic mass is 15.1. The van der Waals surface area contributed by atoms with Gasteiger partial charge >= 0.3 is 0 Å². The number of benzene rings is 1. The van der Waals surface area contributed by atoms with E-state index in [-0.39, 0.29) is 0 Å². The maximum absolute atomic E-state index is 9.31. The predicted octanol–water partition coefficient (Wildman–Crippen LogP) is 2.37. The fourth-order valence-electron chi connectivity index (χ4n) is 2.89. The van der Waals surface area contributed by atoms with Crippen molar-refractivity contribution in [1.82, 2.24) is 10.2 Å². The zero-order chi connectivity index (χ0) is 14.4. The van der Waals surface area contributed by atoms with Gasteiger partial charge in [0, 0.05) is 19.6 Å². The van der Waals surface area contributed by atoms with Crippen LogP contribution in [0.2, 0.25) is 0 Å². The predicted molar refractivity (Wildman–Crippen MR) is 82.6 cm³/mol. The Kier molecular flexibility index (Phi) is 5.17. The summed E-state index contributed by atoms with van der Waals surface area (Å²) in [6, 6.07) is 11.2. The lowest BCUT2D eigenvalue weighted by Gasteiger charge is -2.27. The van der Waals surface area contributed by atoms with Crippen molar-refractivity contribution in [2.75, 3.05) is 26.2 Å². The molecule has 1 unspecified atom stereocenters. The minimum atomic E-state index is -0.395. The Hall–Kier alpha value is -1.37. The SMILES string of the molecule is CCNC(C)(C#N)CCN1CCc2ccccc2CC1. The molecule has 0 aromatic heterocycles. The molecule has 0 radical (unpaired) electrons. The largest absolute Gasteiger partial charge is 0.303 e. The van der Waals surface area contributed by atoms with Gasteiger partial charge in [-0.3, -0.25) is 5.32 Å². The van der Waals surface area contributed by atoms with Crippen LogP contribution >= 0.6 is 0 Å². The van der Waals surface area contributed by atoms with Gasteiger partial charge in [-0.25, -0.2) is 0 Å². The van der Waals surface area contributed by atoms with Crippen molar-refractivity contribution >= 4 is 0 Å². The van der Waals surface area contributed by atoms with Crippen LogP contribution in [0.1, 0.15) is 31.4 Å². The highest BCUT2D eigenvalue weighted by molar-refractivity contribution is 5.28. The molecule has 108 valence electrons. The van der Waals surface area contributed by atoms with Crippen molar-refractivity contribution in [2.45, 2.75) is 38.6 Å². The van der Waals surface area contributed by atoms with Gasteiger partial charge in [-0.05, 0) is 43.9 Å². The average Bonchev–Trinajstić information content (AvgIpc) is 2.68. The molecule has 0 saturated carbocycles. The highest BCUT2D eigenvalue weighted by Gasteiger charge is 2.23. The van der Waals surface area contributed by atoms with E-state index in [1.165, 1.54) is 11.1 Å². The maximum Gasteiger partial charge on any atom is 0.105 e. The molecule has 0 aliphatic carbocycles. The summed E-state index contributed by atoms with van der Waals surface area (Å²) in [5.41, 5.74) is 2.59. The second kappa shape index (κ2) is 6.88. The first-order chi connectivity index (χ1) is 9.67. The van der Waals surface area contributed by atoms with E-state index in [4.69, 9.17) is 0 Å². The van der Waals surface area contributed by atoms with E-state index in [0.717, 1.165) is 45.4 Å². The third kappa shape index (κ3) is 3.82. The highest BCUT2D eigenvalue weighted by Crippen LogP contribution is 2.17. The van der Waals surface area contributed by atoms with Crippen LogP contribution in [0.25, 0.3) is 0 Å². The van der Waals surface area contributed by atoms with Gasteiger partial charge in [0.1, 0.15) is 5.54 Å². The van der Waals surface area contributed by atoms with Crippen LogP contribution in [0.15, 0.2) is 24.3 Å². The number of nitriles is 1. The van der Waals surface area contributed by atoms with Crippen molar-refractivity contribution in [3.8, 4) is 6.07 Å². The zero-order valence-corrected chi connectivity index (χ0v) is 12.7. The molecule has 0 spiro atoms. The molecule has 3 heteroatoms. The lowest BCUT2D eigenvalue weighted by atomic mass is 9.99. The van der Waals surface area contributed by atoms with E-state index in [9.17, 15) is 5.26 Å². The molecule has 20 heavy (non-hydrogen) atoms. The third-order valence-corrected chi connectivity index (χ3v) is 4.25.